The molecular weight excluding hydrogens is 272 g/mol. The van der Waals surface area contributed by atoms with Crippen molar-refractivity contribution in [2.24, 2.45) is 0 Å². The third-order valence-corrected chi connectivity index (χ3v) is 4.41. The highest BCUT2D eigenvalue weighted by molar-refractivity contribution is 5.75. The van der Waals surface area contributed by atoms with E-state index in [4.69, 9.17) is 0 Å². The van der Waals surface area contributed by atoms with Gasteiger partial charge >= 0.3 is 0 Å². The number of benzene rings is 2. The van der Waals surface area contributed by atoms with Crippen molar-refractivity contribution in [2.75, 3.05) is 6.54 Å². The fourth-order valence-corrected chi connectivity index (χ4v) is 3.53. The fraction of sp³-hybridized carbons (Fsp3) is 0.316. The molecule has 3 nitrogen and oxygen atoms in total. The van der Waals surface area contributed by atoms with E-state index < -0.39 is 5.54 Å². The molecule has 0 unspecified atom stereocenters. The van der Waals surface area contributed by atoms with Crippen LogP contribution in [-0.2, 0) is 10.3 Å². The van der Waals surface area contributed by atoms with E-state index in [9.17, 15) is 4.79 Å². The van der Waals surface area contributed by atoms with Gasteiger partial charge in [-0.25, -0.2) is 0 Å². The summed E-state index contributed by atoms with van der Waals surface area (Å²) in [5, 5.41) is 6.85. The van der Waals surface area contributed by atoms with E-state index in [0.717, 1.165) is 30.5 Å². The highest BCUT2D eigenvalue weighted by atomic mass is 16.1. The van der Waals surface area contributed by atoms with Gasteiger partial charge in [-0.1, -0.05) is 60.7 Å². The Hall–Kier alpha value is -2.13. The molecule has 1 amide bonds. The molecule has 0 spiro atoms. The molecule has 0 aliphatic carbocycles. The molecule has 1 heterocycles. The van der Waals surface area contributed by atoms with Crippen LogP contribution in [0.2, 0.25) is 0 Å². The predicted octanol–water partition coefficient (Wildman–Crippen LogP) is 2.82. The van der Waals surface area contributed by atoms with Gasteiger partial charge in [-0.3, -0.25) is 4.79 Å². The SMILES string of the molecule is CC(=O)NC(c1ccccc1)(c1ccccc1)[C@@H]1CCCN1. The van der Waals surface area contributed by atoms with Crippen molar-refractivity contribution in [3.63, 3.8) is 0 Å². The number of hydrogen-bond acceptors (Lipinski definition) is 2. The summed E-state index contributed by atoms with van der Waals surface area (Å²) in [4.78, 5) is 12.0. The molecule has 1 atom stereocenters. The van der Waals surface area contributed by atoms with Crippen molar-refractivity contribution in [2.45, 2.75) is 31.3 Å². The summed E-state index contributed by atoms with van der Waals surface area (Å²) in [6.45, 7) is 2.58. The maximum Gasteiger partial charge on any atom is 0.217 e. The zero-order valence-corrected chi connectivity index (χ0v) is 12.9. The van der Waals surface area contributed by atoms with Crippen LogP contribution in [0.25, 0.3) is 0 Å². The molecule has 0 aromatic heterocycles. The summed E-state index contributed by atoms with van der Waals surface area (Å²) in [6.07, 6.45) is 2.18. The predicted molar refractivity (Wildman–Crippen MR) is 88.5 cm³/mol. The summed E-state index contributed by atoms with van der Waals surface area (Å²) in [6, 6.07) is 20.7. The van der Waals surface area contributed by atoms with Crippen LogP contribution in [0.4, 0.5) is 0 Å². The topological polar surface area (TPSA) is 41.1 Å². The summed E-state index contributed by atoms with van der Waals surface area (Å²) in [5.41, 5.74) is 1.72. The number of carbonyl (C=O) groups excluding carboxylic acids is 1. The molecule has 22 heavy (non-hydrogen) atoms. The van der Waals surface area contributed by atoms with Gasteiger partial charge in [0.15, 0.2) is 0 Å². The highest BCUT2D eigenvalue weighted by Gasteiger charge is 2.43. The van der Waals surface area contributed by atoms with Crippen molar-refractivity contribution >= 4 is 5.91 Å². The molecule has 0 saturated carbocycles. The van der Waals surface area contributed by atoms with Crippen LogP contribution in [0, 0.1) is 0 Å². The van der Waals surface area contributed by atoms with Crippen LogP contribution in [0.1, 0.15) is 30.9 Å². The first kappa shape index (κ1) is 14.8. The van der Waals surface area contributed by atoms with Crippen molar-refractivity contribution in [1.29, 1.82) is 0 Å². The Morgan fingerprint density at radius 2 is 1.59 bits per heavy atom. The first-order valence-corrected chi connectivity index (χ1v) is 7.86. The number of amides is 1. The lowest BCUT2D eigenvalue weighted by molar-refractivity contribution is -0.120. The fourth-order valence-electron chi connectivity index (χ4n) is 3.53. The van der Waals surface area contributed by atoms with Crippen molar-refractivity contribution in [1.82, 2.24) is 10.6 Å². The van der Waals surface area contributed by atoms with Crippen LogP contribution in [0.5, 0.6) is 0 Å². The average Bonchev–Trinajstić information content (AvgIpc) is 3.09. The largest absolute Gasteiger partial charge is 0.341 e. The van der Waals surface area contributed by atoms with E-state index in [1.54, 1.807) is 6.92 Å². The lowest BCUT2D eigenvalue weighted by Gasteiger charge is -2.41. The number of hydrogen-bond donors (Lipinski definition) is 2. The Labute approximate surface area is 131 Å². The Bertz CT molecular complexity index is 579. The molecule has 0 bridgehead atoms. The van der Waals surface area contributed by atoms with Crippen LogP contribution in [0.15, 0.2) is 60.7 Å². The minimum Gasteiger partial charge on any atom is -0.341 e. The molecular formula is C19H22N2O. The maximum absolute atomic E-state index is 12.0. The maximum atomic E-state index is 12.0. The minimum absolute atomic E-state index is 0.0126. The highest BCUT2D eigenvalue weighted by Crippen LogP contribution is 2.36. The second-order valence-electron chi connectivity index (χ2n) is 5.87. The molecule has 114 valence electrons. The smallest absolute Gasteiger partial charge is 0.217 e. The normalized spacial score (nSPS) is 18.1. The molecule has 3 rings (SSSR count). The van der Waals surface area contributed by atoms with Crippen LogP contribution in [-0.4, -0.2) is 18.5 Å². The van der Waals surface area contributed by atoms with Crippen molar-refractivity contribution in [3.8, 4) is 0 Å². The summed E-state index contributed by atoms with van der Waals surface area (Å²) < 4.78 is 0. The van der Waals surface area contributed by atoms with Crippen molar-refractivity contribution in [3.05, 3.63) is 71.8 Å². The van der Waals surface area contributed by atoms with E-state index >= 15 is 0 Å². The first-order valence-electron chi connectivity index (χ1n) is 7.86. The van der Waals surface area contributed by atoms with Gasteiger partial charge in [0.05, 0.1) is 0 Å². The number of carbonyl (C=O) groups is 1. The monoisotopic (exact) mass is 294 g/mol. The number of nitrogens with one attached hydrogen (secondary N) is 2. The van der Waals surface area contributed by atoms with E-state index in [1.165, 1.54) is 0 Å². The lowest BCUT2D eigenvalue weighted by atomic mass is 9.76. The Kier molecular flexibility index (Phi) is 4.25. The zero-order valence-electron chi connectivity index (χ0n) is 12.9. The molecule has 1 saturated heterocycles. The third kappa shape index (κ3) is 2.64. The molecule has 2 aromatic carbocycles. The average molecular weight is 294 g/mol. The first-order chi connectivity index (χ1) is 10.7. The standard InChI is InChI=1S/C19H22N2O/c1-15(22)21-19(18-13-8-14-20-18,16-9-4-2-5-10-16)17-11-6-3-7-12-17/h2-7,9-12,18,20H,8,13-14H2,1H3,(H,21,22)/t18-/m0/s1. The van der Waals surface area contributed by atoms with Gasteiger partial charge in [-0.05, 0) is 30.5 Å². The second-order valence-corrected chi connectivity index (χ2v) is 5.87. The molecule has 2 N–H and O–H groups in total. The minimum atomic E-state index is -0.523. The van der Waals surface area contributed by atoms with Crippen LogP contribution >= 0.6 is 0 Å². The molecule has 1 aliphatic heterocycles. The zero-order chi connectivity index (χ0) is 15.4. The van der Waals surface area contributed by atoms with Crippen LogP contribution < -0.4 is 10.6 Å². The van der Waals surface area contributed by atoms with E-state index in [-0.39, 0.29) is 11.9 Å². The lowest BCUT2D eigenvalue weighted by Crippen LogP contribution is -2.57. The number of rotatable bonds is 4. The Morgan fingerprint density at radius 3 is 2.00 bits per heavy atom. The van der Waals surface area contributed by atoms with E-state index in [0.29, 0.717) is 0 Å². The Balaban J connectivity index is 2.19. The summed E-state index contributed by atoms with van der Waals surface area (Å²) in [5.74, 6) is -0.0126. The van der Waals surface area contributed by atoms with Gasteiger partial charge in [0.2, 0.25) is 5.91 Å². The molecule has 0 radical (unpaired) electrons. The van der Waals surface area contributed by atoms with Crippen molar-refractivity contribution < 1.29 is 4.79 Å². The van der Waals surface area contributed by atoms with Gasteiger partial charge in [-0.2, -0.15) is 0 Å². The van der Waals surface area contributed by atoms with E-state index in [1.807, 2.05) is 36.4 Å². The summed E-state index contributed by atoms with van der Waals surface area (Å²) >= 11 is 0. The van der Waals surface area contributed by atoms with Gasteiger partial charge in [0.25, 0.3) is 0 Å². The van der Waals surface area contributed by atoms with Gasteiger partial charge in [-0.15, -0.1) is 0 Å². The van der Waals surface area contributed by atoms with E-state index in [2.05, 4.69) is 34.9 Å². The Morgan fingerprint density at radius 1 is 1.05 bits per heavy atom. The van der Waals surface area contributed by atoms with Gasteiger partial charge < -0.3 is 10.6 Å². The third-order valence-electron chi connectivity index (χ3n) is 4.41. The summed E-state index contributed by atoms with van der Waals surface area (Å²) in [7, 11) is 0. The van der Waals surface area contributed by atoms with Gasteiger partial charge in [0, 0.05) is 13.0 Å². The second kappa shape index (κ2) is 6.32. The molecule has 1 aliphatic rings. The van der Waals surface area contributed by atoms with Gasteiger partial charge in [0.1, 0.15) is 5.54 Å². The molecule has 2 aromatic rings. The molecule has 3 heteroatoms. The van der Waals surface area contributed by atoms with Crippen LogP contribution in [0.3, 0.4) is 0 Å². The molecule has 1 fully saturated rings. The quantitative estimate of drug-likeness (QED) is 0.910.